The fourth-order valence-electron chi connectivity index (χ4n) is 2.30. The lowest BCUT2D eigenvalue weighted by Gasteiger charge is -2.16. The first kappa shape index (κ1) is 18.6. The maximum atomic E-state index is 12.2. The summed E-state index contributed by atoms with van der Waals surface area (Å²) >= 11 is 0. The summed E-state index contributed by atoms with van der Waals surface area (Å²) in [5.74, 6) is 1.89. The van der Waals surface area contributed by atoms with Gasteiger partial charge in [0.1, 0.15) is 5.75 Å². The molecule has 1 amide bonds. The third kappa shape index (κ3) is 5.71. The van der Waals surface area contributed by atoms with Gasteiger partial charge in [0.25, 0.3) is 5.91 Å². The van der Waals surface area contributed by atoms with E-state index in [-0.39, 0.29) is 5.91 Å². The minimum absolute atomic E-state index is 0.171. The van der Waals surface area contributed by atoms with E-state index < -0.39 is 6.10 Å². The molecule has 5 nitrogen and oxygen atoms in total. The van der Waals surface area contributed by atoms with Crippen LogP contribution in [0.15, 0.2) is 48.5 Å². The van der Waals surface area contributed by atoms with E-state index in [4.69, 9.17) is 14.2 Å². The largest absolute Gasteiger partial charge is 0.490 e. The molecule has 5 heteroatoms. The predicted octanol–water partition coefficient (Wildman–Crippen LogP) is 3.57. The fraction of sp³-hybridized carbons (Fsp3) is 0.350. The normalized spacial score (nSPS) is 11.5. The number of rotatable bonds is 9. The van der Waals surface area contributed by atoms with E-state index in [1.54, 1.807) is 6.92 Å². The fourth-order valence-corrected chi connectivity index (χ4v) is 2.30. The van der Waals surface area contributed by atoms with Crippen molar-refractivity contribution in [3.05, 3.63) is 54.1 Å². The van der Waals surface area contributed by atoms with Crippen LogP contribution in [0.4, 0.5) is 0 Å². The topological polar surface area (TPSA) is 56.8 Å². The summed E-state index contributed by atoms with van der Waals surface area (Å²) in [6.07, 6.45) is -0.573. The Hall–Kier alpha value is -2.69. The van der Waals surface area contributed by atoms with Gasteiger partial charge in [0.15, 0.2) is 17.6 Å². The molecule has 0 saturated carbocycles. The molecule has 0 aromatic heterocycles. The second kappa shape index (κ2) is 9.57. The van der Waals surface area contributed by atoms with Gasteiger partial charge < -0.3 is 19.5 Å². The first-order chi connectivity index (χ1) is 12.1. The molecule has 25 heavy (non-hydrogen) atoms. The van der Waals surface area contributed by atoms with Crippen LogP contribution in [0.1, 0.15) is 26.3 Å². The molecule has 0 unspecified atom stereocenters. The van der Waals surface area contributed by atoms with Crippen molar-refractivity contribution >= 4 is 5.91 Å². The highest BCUT2D eigenvalue weighted by molar-refractivity contribution is 5.80. The maximum Gasteiger partial charge on any atom is 0.261 e. The molecule has 0 aliphatic heterocycles. The Bertz CT molecular complexity index is 673. The molecule has 1 N–H and O–H groups in total. The van der Waals surface area contributed by atoms with Gasteiger partial charge in [0, 0.05) is 6.54 Å². The molecule has 0 aliphatic carbocycles. The molecule has 0 radical (unpaired) electrons. The molecule has 0 heterocycles. The van der Waals surface area contributed by atoms with Crippen molar-refractivity contribution < 1.29 is 19.0 Å². The molecular formula is C20H25NO4. The Balaban J connectivity index is 1.93. The van der Waals surface area contributed by atoms with E-state index >= 15 is 0 Å². The summed E-state index contributed by atoms with van der Waals surface area (Å²) in [4.78, 5) is 12.2. The lowest BCUT2D eigenvalue weighted by Crippen LogP contribution is -2.35. The predicted molar refractivity (Wildman–Crippen MR) is 97.2 cm³/mol. The highest BCUT2D eigenvalue weighted by Gasteiger charge is 2.14. The molecule has 2 rings (SSSR count). The third-order valence-electron chi connectivity index (χ3n) is 3.50. The zero-order valence-corrected chi connectivity index (χ0v) is 15.0. The number of amides is 1. The summed E-state index contributed by atoms with van der Waals surface area (Å²) in [5.41, 5.74) is 0.937. The van der Waals surface area contributed by atoms with Gasteiger partial charge in [0.05, 0.1) is 13.2 Å². The lowest BCUT2D eigenvalue weighted by atomic mass is 10.2. The molecule has 0 saturated heterocycles. The average molecular weight is 343 g/mol. The maximum absolute atomic E-state index is 12.2. The molecule has 2 aromatic carbocycles. The Morgan fingerprint density at radius 1 is 1.00 bits per heavy atom. The second-order valence-electron chi connectivity index (χ2n) is 5.44. The highest BCUT2D eigenvalue weighted by atomic mass is 16.5. The van der Waals surface area contributed by atoms with E-state index in [1.165, 1.54) is 0 Å². The Kier molecular flexibility index (Phi) is 7.14. The number of carbonyl (C=O) groups is 1. The smallest absolute Gasteiger partial charge is 0.261 e. The van der Waals surface area contributed by atoms with Gasteiger partial charge in [0.2, 0.25) is 0 Å². The number of ether oxygens (including phenoxy) is 3. The van der Waals surface area contributed by atoms with E-state index in [2.05, 4.69) is 5.32 Å². The zero-order valence-electron chi connectivity index (χ0n) is 15.0. The van der Waals surface area contributed by atoms with Gasteiger partial charge in [-0.05, 0) is 50.6 Å². The quantitative estimate of drug-likeness (QED) is 0.756. The van der Waals surface area contributed by atoms with Crippen LogP contribution in [0, 0.1) is 0 Å². The van der Waals surface area contributed by atoms with Crippen molar-refractivity contribution in [3.8, 4) is 17.2 Å². The number of hydrogen-bond acceptors (Lipinski definition) is 4. The van der Waals surface area contributed by atoms with Crippen molar-refractivity contribution in [1.29, 1.82) is 0 Å². The number of hydrogen-bond donors (Lipinski definition) is 1. The molecule has 0 spiro atoms. The van der Waals surface area contributed by atoms with E-state index in [0.29, 0.717) is 37.0 Å². The second-order valence-corrected chi connectivity index (χ2v) is 5.44. The minimum Gasteiger partial charge on any atom is -0.490 e. The van der Waals surface area contributed by atoms with Gasteiger partial charge >= 0.3 is 0 Å². The third-order valence-corrected chi connectivity index (χ3v) is 3.50. The molecular weight excluding hydrogens is 318 g/mol. The minimum atomic E-state index is -0.573. The van der Waals surface area contributed by atoms with Crippen LogP contribution in [0.25, 0.3) is 0 Å². The van der Waals surface area contributed by atoms with Crippen molar-refractivity contribution in [2.75, 3.05) is 13.2 Å². The first-order valence-electron chi connectivity index (χ1n) is 8.52. The Morgan fingerprint density at radius 2 is 1.68 bits per heavy atom. The molecule has 2 aromatic rings. The highest BCUT2D eigenvalue weighted by Crippen LogP contribution is 2.28. The van der Waals surface area contributed by atoms with Gasteiger partial charge in [-0.1, -0.05) is 24.3 Å². The van der Waals surface area contributed by atoms with E-state index in [0.717, 1.165) is 5.56 Å². The SMILES string of the molecule is CCOc1ccc(CNC(=O)[C@@H](C)Oc2ccccc2)cc1OCC. The zero-order chi connectivity index (χ0) is 18.1. The molecule has 0 fully saturated rings. The number of carbonyl (C=O) groups excluding carboxylic acids is 1. The van der Waals surface area contributed by atoms with Crippen molar-refractivity contribution in [2.24, 2.45) is 0 Å². The Morgan fingerprint density at radius 3 is 2.36 bits per heavy atom. The molecule has 134 valence electrons. The van der Waals surface area contributed by atoms with Crippen molar-refractivity contribution in [1.82, 2.24) is 5.32 Å². The first-order valence-corrected chi connectivity index (χ1v) is 8.52. The Labute approximate surface area is 148 Å². The van der Waals surface area contributed by atoms with Crippen molar-refractivity contribution in [3.63, 3.8) is 0 Å². The monoisotopic (exact) mass is 343 g/mol. The van der Waals surface area contributed by atoms with E-state index in [9.17, 15) is 4.79 Å². The average Bonchev–Trinajstić information content (AvgIpc) is 2.62. The van der Waals surface area contributed by atoms with Gasteiger partial charge in [-0.3, -0.25) is 4.79 Å². The number of para-hydroxylation sites is 1. The van der Waals surface area contributed by atoms with Crippen LogP contribution in [-0.4, -0.2) is 25.2 Å². The molecule has 0 aliphatic rings. The van der Waals surface area contributed by atoms with Crippen LogP contribution in [0.3, 0.4) is 0 Å². The van der Waals surface area contributed by atoms with Crippen LogP contribution < -0.4 is 19.5 Å². The standard InChI is InChI=1S/C20H25NO4/c1-4-23-18-12-11-16(13-19(18)24-5-2)14-21-20(22)15(3)25-17-9-7-6-8-10-17/h6-13,15H,4-5,14H2,1-3H3,(H,21,22)/t15-/m1/s1. The summed E-state index contributed by atoms with van der Waals surface area (Å²) in [7, 11) is 0. The van der Waals surface area contributed by atoms with Gasteiger partial charge in [-0.25, -0.2) is 0 Å². The number of benzene rings is 2. The number of nitrogens with one attached hydrogen (secondary N) is 1. The summed E-state index contributed by atoms with van der Waals surface area (Å²) in [5, 5.41) is 2.88. The summed E-state index contributed by atoms with van der Waals surface area (Å²) in [6, 6.07) is 15.0. The van der Waals surface area contributed by atoms with Crippen LogP contribution in [0.2, 0.25) is 0 Å². The summed E-state index contributed by atoms with van der Waals surface area (Å²) in [6.45, 7) is 7.10. The van der Waals surface area contributed by atoms with Crippen LogP contribution in [-0.2, 0) is 11.3 Å². The van der Waals surface area contributed by atoms with Crippen molar-refractivity contribution in [2.45, 2.75) is 33.4 Å². The molecule has 0 bridgehead atoms. The van der Waals surface area contributed by atoms with Gasteiger partial charge in [-0.2, -0.15) is 0 Å². The van der Waals surface area contributed by atoms with Crippen LogP contribution >= 0.6 is 0 Å². The van der Waals surface area contributed by atoms with Crippen LogP contribution in [0.5, 0.6) is 17.2 Å². The lowest BCUT2D eigenvalue weighted by molar-refractivity contribution is -0.127. The van der Waals surface area contributed by atoms with Gasteiger partial charge in [-0.15, -0.1) is 0 Å². The molecule has 1 atom stereocenters. The van der Waals surface area contributed by atoms with E-state index in [1.807, 2.05) is 62.4 Å². The summed E-state index contributed by atoms with van der Waals surface area (Å²) < 4.78 is 16.8.